The van der Waals surface area contributed by atoms with E-state index in [0.717, 1.165) is 6.54 Å². The van der Waals surface area contributed by atoms with Crippen molar-refractivity contribution in [3.05, 3.63) is 0 Å². The molecule has 2 N–H and O–H groups in total. The van der Waals surface area contributed by atoms with Crippen molar-refractivity contribution in [2.45, 2.75) is 20.0 Å². The Bertz CT molecular complexity index is 270. The molecular formula is C11H21ClN2O4. The second kappa shape index (κ2) is 9.13. The number of halogens is 1. The number of carbonyl (C=O) groups is 2. The molecule has 0 aromatic carbocycles. The molecule has 1 amide bonds. The molecule has 18 heavy (non-hydrogen) atoms. The van der Waals surface area contributed by atoms with Crippen molar-refractivity contribution in [1.29, 1.82) is 0 Å². The van der Waals surface area contributed by atoms with Crippen molar-refractivity contribution >= 4 is 24.3 Å². The molecule has 1 aliphatic rings. The smallest absolute Gasteiger partial charge is 0.310 e. The Kier molecular flexibility index (Phi) is 8.70. The molecule has 2 atom stereocenters. The van der Waals surface area contributed by atoms with E-state index in [1.165, 1.54) is 0 Å². The summed E-state index contributed by atoms with van der Waals surface area (Å²) in [5.74, 6) is -0.820. The van der Waals surface area contributed by atoms with Crippen molar-refractivity contribution in [3.63, 3.8) is 0 Å². The van der Waals surface area contributed by atoms with Crippen LogP contribution in [0.5, 0.6) is 0 Å². The lowest BCUT2D eigenvalue weighted by Crippen LogP contribution is -2.48. The molecule has 1 rings (SSSR count). The van der Waals surface area contributed by atoms with E-state index in [2.05, 4.69) is 10.6 Å². The van der Waals surface area contributed by atoms with Crippen molar-refractivity contribution < 1.29 is 19.1 Å². The summed E-state index contributed by atoms with van der Waals surface area (Å²) in [6, 6.07) is 0. The van der Waals surface area contributed by atoms with Gasteiger partial charge in [0.2, 0.25) is 5.91 Å². The number of amides is 1. The van der Waals surface area contributed by atoms with Crippen LogP contribution in [0.4, 0.5) is 0 Å². The third-order valence-electron chi connectivity index (χ3n) is 2.49. The fourth-order valence-corrected chi connectivity index (χ4v) is 1.47. The predicted octanol–water partition coefficient (Wildman–Crippen LogP) is -0.288. The van der Waals surface area contributed by atoms with E-state index in [1.807, 2.05) is 0 Å². The summed E-state index contributed by atoms with van der Waals surface area (Å²) in [6.45, 7) is 5.92. The Morgan fingerprint density at radius 3 is 2.83 bits per heavy atom. The van der Waals surface area contributed by atoms with Gasteiger partial charge in [-0.2, -0.15) is 0 Å². The van der Waals surface area contributed by atoms with Gasteiger partial charge < -0.3 is 20.1 Å². The van der Waals surface area contributed by atoms with Crippen LogP contribution >= 0.6 is 12.4 Å². The third-order valence-corrected chi connectivity index (χ3v) is 2.49. The van der Waals surface area contributed by atoms with Crippen LogP contribution in [0.25, 0.3) is 0 Å². The molecule has 0 saturated carbocycles. The van der Waals surface area contributed by atoms with Gasteiger partial charge in [0, 0.05) is 19.6 Å². The molecule has 0 aromatic heterocycles. The molecule has 1 saturated heterocycles. The number of rotatable bonds is 5. The number of hydrogen-bond acceptors (Lipinski definition) is 5. The van der Waals surface area contributed by atoms with Crippen LogP contribution in [0.15, 0.2) is 0 Å². The minimum atomic E-state index is -0.460. The second-order valence-corrected chi connectivity index (χ2v) is 3.96. The van der Waals surface area contributed by atoms with Crippen LogP contribution < -0.4 is 10.6 Å². The Labute approximate surface area is 113 Å². The molecule has 0 aliphatic carbocycles. The van der Waals surface area contributed by atoms with Gasteiger partial charge in [-0.05, 0) is 6.92 Å². The first-order valence-corrected chi connectivity index (χ1v) is 5.91. The van der Waals surface area contributed by atoms with E-state index >= 15 is 0 Å². The molecular weight excluding hydrogens is 260 g/mol. The molecule has 0 bridgehead atoms. The summed E-state index contributed by atoms with van der Waals surface area (Å²) >= 11 is 0. The Morgan fingerprint density at radius 2 is 2.28 bits per heavy atom. The first kappa shape index (κ1) is 17.2. The third kappa shape index (κ3) is 5.66. The van der Waals surface area contributed by atoms with E-state index in [4.69, 9.17) is 9.47 Å². The zero-order valence-corrected chi connectivity index (χ0v) is 11.5. The first-order chi connectivity index (χ1) is 8.15. The maximum absolute atomic E-state index is 11.7. The highest BCUT2D eigenvalue weighted by atomic mass is 35.5. The van der Waals surface area contributed by atoms with Gasteiger partial charge in [0.1, 0.15) is 6.10 Å². The average Bonchev–Trinajstić information content (AvgIpc) is 2.36. The lowest BCUT2D eigenvalue weighted by atomic mass is 10.2. The minimum absolute atomic E-state index is 0. The van der Waals surface area contributed by atoms with E-state index in [9.17, 15) is 9.59 Å². The highest BCUT2D eigenvalue weighted by Crippen LogP contribution is 1.99. The van der Waals surface area contributed by atoms with Gasteiger partial charge in [-0.15, -0.1) is 12.4 Å². The summed E-state index contributed by atoms with van der Waals surface area (Å²) in [4.78, 5) is 23.0. The molecule has 6 nitrogen and oxygen atoms in total. The number of nitrogens with one attached hydrogen (secondary N) is 2. The molecule has 0 aromatic rings. The van der Waals surface area contributed by atoms with E-state index in [0.29, 0.717) is 19.8 Å². The van der Waals surface area contributed by atoms with Crippen molar-refractivity contribution in [2.75, 3.05) is 32.8 Å². The van der Waals surface area contributed by atoms with Gasteiger partial charge in [-0.1, -0.05) is 6.92 Å². The Morgan fingerprint density at radius 1 is 1.56 bits per heavy atom. The predicted molar refractivity (Wildman–Crippen MR) is 68.7 cm³/mol. The number of hydrogen-bond donors (Lipinski definition) is 2. The quantitative estimate of drug-likeness (QED) is 0.677. The fraction of sp³-hybridized carbons (Fsp3) is 0.818. The minimum Gasteiger partial charge on any atom is -0.466 e. The average molecular weight is 281 g/mol. The molecule has 1 aliphatic heterocycles. The zero-order chi connectivity index (χ0) is 12.7. The Balaban J connectivity index is 0.00000289. The first-order valence-electron chi connectivity index (χ1n) is 5.91. The van der Waals surface area contributed by atoms with Gasteiger partial charge in [-0.25, -0.2) is 0 Å². The largest absolute Gasteiger partial charge is 0.466 e. The summed E-state index contributed by atoms with van der Waals surface area (Å²) in [6.07, 6.45) is -0.460. The summed E-state index contributed by atoms with van der Waals surface area (Å²) in [5.41, 5.74) is 0. The maximum Gasteiger partial charge on any atom is 0.310 e. The van der Waals surface area contributed by atoms with Crippen LogP contribution in [-0.2, 0) is 19.1 Å². The summed E-state index contributed by atoms with van der Waals surface area (Å²) in [5, 5.41) is 5.76. The SMILES string of the molecule is CCOC(=O)C(C)CNC(=O)C1CNCCO1.Cl. The highest BCUT2D eigenvalue weighted by molar-refractivity contribution is 5.85. The highest BCUT2D eigenvalue weighted by Gasteiger charge is 2.23. The number of esters is 1. The van der Waals surface area contributed by atoms with Gasteiger partial charge in [0.05, 0.1) is 19.1 Å². The molecule has 2 unspecified atom stereocenters. The van der Waals surface area contributed by atoms with E-state index in [-0.39, 0.29) is 36.7 Å². The van der Waals surface area contributed by atoms with Crippen molar-refractivity contribution in [3.8, 4) is 0 Å². The van der Waals surface area contributed by atoms with Gasteiger partial charge in [0.15, 0.2) is 0 Å². The van der Waals surface area contributed by atoms with E-state index in [1.54, 1.807) is 13.8 Å². The van der Waals surface area contributed by atoms with Gasteiger partial charge >= 0.3 is 5.97 Å². The van der Waals surface area contributed by atoms with Crippen LogP contribution in [0.3, 0.4) is 0 Å². The zero-order valence-electron chi connectivity index (χ0n) is 10.7. The van der Waals surface area contributed by atoms with Gasteiger partial charge in [0.25, 0.3) is 0 Å². The summed E-state index contributed by atoms with van der Waals surface area (Å²) < 4.78 is 10.1. The van der Waals surface area contributed by atoms with E-state index < -0.39 is 6.10 Å². The summed E-state index contributed by atoms with van der Waals surface area (Å²) in [7, 11) is 0. The lowest BCUT2D eigenvalue weighted by molar-refractivity contribution is -0.147. The molecule has 7 heteroatoms. The normalized spacial score (nSPS) is 20.4. The molecule has 0 spiro atoms. The fourth-order valence-electron chi connectivity index (χ4n) is 1.47. The maximum atomic E-state index is 11.7. The van der Waals surface area contributed by atoms with Crippen LogP contribution in [0, 0.1) is 5.92 Å². The van der Waals surface area contributed by atoms with Crippen LogP contribution in [-0.4, -0.2) is 50.8 Å². The van der Waals surface area contributed by atoms with Crippen molar-refractivity contribution in [2.24, 2.45) is 5.92 Å². The van der Waals surface area contributed by atoms with Crippen molar-refractivity contribution in [1.82, 2.24) is 10.6 Å². The number of morpholine rings is 1. The second-order valence-electron chi connectivity index (χ2n) is 3.96. The molecule has 106 valence electrons. The van der Waals surface area contributed by atoms with Crippen LogP contribution in [0.2, 0.25) is 0 Å². The number of carbonyl (C=O) groups excluding carboxylic acids is 2. The monoisotopic (exact) mass is 280 g/mol. The number of ether oxygens (including phenoxy) is 2. The van der Waals surface area contributed by atoms with Gasteiger partial charge in [-0.3, -0.25) is 9.59 Å². The lowest BCUT2D eigenvalue weighted by Gasteiger charge is -2.23. The standard InChI is InChI=1S/C11H20N2O4.ClH/c1-3-16-11(15)8(2)6-13-10(14)9-7-12-4-5-17-9;/h8-9,12H,3-7H2,1-2H3,(H,13,14);1H. The Hall–Kier alpha value is -0.850. The van der Waals surface area contributed by atoms with Crippen LogP contribution in [0.1, 0.15) is 13.8 Å². The molecule has 1 heterocycles. The topological polar surface area (TPSA) is 76.7 Å². The molecule has 1 fully saturated rings. The molecule has 0 radical (unpaired) electrons.